The lowest BCUT2D eigenvalue weighted by molar-refractivity contribution is -0.187. The number of hydrogen-bond acceptors (Lipinski definition) is 4. The van der Waals surface area contributed by atoms with Crippen LogP contribution >= 0.6 is 0 Å². The Morgan fingerprint density at radius 1 is 1.08 bits per heavy atom. The van der Waals surface area contributed by atoms with Gasteiger partial charge in [-0.15, -0.1) is 0 Å². The van der Waals surface area contributed by atoms with E-state index in [9.17, 15) is 9.90 Å². The third-order valence-electron chi connectivity index (χ3n) is 5.86. The SMILES string of the molecule is Cc1ccccc1C(O)(C(=O)OC1CC2CCN1CC2)c1ccccc1. The Kier molecular flexibility index (Phi) is 4.55. The zero-order valence-corrected chi connectivity index (χ0v) is 15.1. The van der Waals surface area contributed by atoms with Crippen molar-refractivity contribution in [3.05, 3.63) is 71.3 Å². The predicted octanol–water partition coefficient (Wildman–Crippen LogP) is 3.22. The molecule has 3 aliphatic heterocycles. The molecule has 5 rings (SSSR count). The van der Waals surface area contributed by atoms with E-state index in [0.29, 0.717) is 17.0 Å². The second kappa shape index (κ2) is 6.86. The Bertz CT molecular complexity index is 783. The van der Waals surface area contributed by atoms with E-state index in [-0.39, 0.29) is 6.23 Å². The van der Waals surface area contributed by atoms with Crippen LogP contribution in [0.15, 0.2) is 54.6 Å². The molecule has 0 saturated carbocycles. The summed E-state index contributed by atoms with van der Waals surface area (Å²) < 4.78 is 5.89. The number of aryl methyl sites for hydroxylation is 1. The second-order valence-electron chi connectivity index (χ2n) is 7.47. The fourth-order valence-corrected chi connectivity index (χ4v) is 4.28. The molecule has 0 radical (unpaired) electrons. The Labute approximate surface area is 154 Å². The number of carbonyl (C=O) groups is 1. The molecular formula is C22H25NO3. The first-order chi connectivity index (χ1) is 12.6. The lowest BCUT2D eigenvalue weighted by Crippen LogP contribution is -2.52. The van der Waals surface area contributed by atoms with Crippen LogP contribution in [-0.4, -0.2) is 35.3 Å². The molecule has 4 nitrogen and oxygen atoms in total. The third kappa shape index (κ3) is 2.93. The summed E-state index contributed by atoms with van der Waals surface area (Å²) in [6.07, 6.45) is 2.99. The van der Waals surface area contributed by atoms with Crippen LogP contribution in [0.1, 0.15) is 36.0 Å². The van der Waals surface area contributed by atoms with Crippen molar-refractivity contribution in [2.24, 2.45) is 5.92 Å². The summed E-state index contributed by atoms with van der Waals surface area (Å²) in [5.41, 5.74) is 0.174. The lowest BCUT2D eigenvalue weighted by atomic mass is 9.83. The van der Waals surface area contributed by atoms with Gasteiger partial charge in [0.05, 0.1) is 0 Å². The zero-order chi connectivity index (χ0) is 18.1. The molecule has 26 heavy (non-hydrogen) atoms. The van der Waals surface area contributed by atoms with E-state index in [1.807, 2.05) is 43.3 Å². The molecule has 3 aliphatic rings. The van der Waals surface area contributed by atoms with Gasteiger partial charge in [-0.3, -0.25) is 4.90 Å². The number of piperidine rings is 3. The normalized spacial score (nSPS) is 26.9. The minimum Gasteiger partial charge on any atom is -0.444 e. The van der Waals surface area contributed by atoms with E-state index in [2.05, 4.69) is 4.90 Å². The summed E-state index contributed by atoms with van der Waals surface area (Å²) in [6.45, 7) is 3.84. The number of ether oxygens (including phenoxy) is 1. The quantitative estimate of drug-likeness (QED) is 0.860. The number of carbonyl (C=O) groups excluding carboxylic acids is 1. The molecule has 2 aromatic rings. The molecule has 3 saturated heterocycles. The average Bonchev–Trinajstić information content (AvgIpc) is 2.69. The van der Waals surface area contributed by atoms with Crippen LogP contribution in [0.5, 0.6) is 0 Å². The maximum atomic E-state index is 13.3. The summed E-state index contributed by atoms with van der Waals surface area (Å²) in [7, 11) is 0. The van der Waals surface area contributed by atoms with Gasteiger partial charge < -0.3 is 9.84 Å². The minimum absolute atomic E-state index is 0.228. The highest BCUT2D eigenvalue weighted by molar-refractivity contribution is 5.86. The first-order valence-electron chi connectivity index (χ1n) is 9.38. The Balaban J connectivity index is 1.69. The van der Waals surface area contributed by atoms with Gasteiger partial charge in [-0.1, -0.05) is 54.6 Å². The summed E-state index contributed by atoms with van der Waals surface area (Å²) >= 11 is 0. The molecule has 4 heteroatoms. The highest BCUT2D eigenvalue weighted by atomic mass is 16.6. The fourth-order valence-electron chi connectivity index (χ4n) is 4.28. The molecular weight excluding hydrogens is 326 g/mol. The molecule has 0 spiro atoms. The molecule has 3 fully saturated rings. The van der Waals surface area contributed by atoms with Crippen molar-refractivity contribution in [1.29, 1.82) is 0 Å². The van der Waals surface area contributed by atoms with Crippen molar-refractivity contribution in [2.75, 3.05) is 13.1 Å². The number of rotatable bonds is 4. The van der Waals surface area contributed by atoms with E-state index < -0.39 is 11.6 Å². The van der Waals surface area contributed by atoms with Crippen LogP contribution in [0, 0.1) is 12.8 Å². The van der Waals surface area contributed by atoms with Crippen molar-refractivity contribution in [1.82, 2.24) is 4.90 Å². The lowest BCUT2D eigenvalue weighted by Gasteiger charge is -2.45. The average molecular weight is 351 g/mol. The molecule has 3 heterocycles. The molecule has 2 unspecified atom stereocenters. The number of fused-ring (bicyclic) bond motifs is 3. The number of benzene rings is 2. The fraction of sp³-hybridized carbons (Fsp3) is 0.409. The second-order valence-corrected chi connectivity index (χ2v) is 7.47. The van der Waals surface area contributed by atoms with Crippen molar-refractivity contribution in [3.8, 4) is 0 Å². The van der Waals surface area contributed by atoms with E-state index >= 15 is 0 Å². The minimum atomic E-state index is -1.80. The topological polar surface area (TPSA) is 49.8 Å². The smallest absolute Gasteiger partial charge is 0.349 e. The van der Waals surface area contributed by atoms with Crippen LogP contribution < -0.4 is 0 Å². The van der Waals surface area contributed by atoms with Crippen molar-refractivity contribution in [2.45, 2.75) is 38.0 Å². The largest absolute Gasteiger partial charge is 0.444 e. The van der Waals surface area contributed by atoms with E-state index in [1.165, 1.54) is 12.8 Å². The molecule has 136 valence electrons. The number of aliphatic hydroxyl groups is 1. The van der Waals surface area contributed by atoms with Crippen molar-refractivity contribution < 1.29 is 14.6 Å². The third-order valence-corrected chi connectivity index (χ3v) is 5.86. The molecule has 2 bridgehead atoms. The molecule has 2 aromatic carbocycles. The van der Waals surface area contributed by atoms with Gasteiger partial charge in [-0.2, -0.15) is 0 Å². The molecule has 2 atom stereocenters. The highest BCUT2D eigenvalue weighted by Crippen LogP contribution is 2.37. The molecule has 0 aliphatic carbocycles. The first kappa shape index (κ1) is 17.3. The molecule has 1 N–H and O–H groups in total. The Morgan fingerprint density at radius 2 is 1.73 bits per heavy atom. The van der Waals surface area contributed by atoms with E-state index in [0.717, 1.165) is 25.1 Å². The summed E-state index contributed by atoms with van der Waals surface area (Å²) in [6, 6.07) is 16.5. The summed E-state index contributed by atoms with van der Waals surface area (Å²) in [5, 5.41) is 11.6. The maximum Gasteiger partial charge on any atom is 0.349 e. The zero-order valence-electron chi connectivity index (χ0n) is 15.1. The van der Waals surface area contributed by atoms with Crippen LogP contribution in [-0.2, 0) is 15.1 Å². The highest BCUT2D eigenvalue weighted by Gasteiger charge is 2.45. The first-order valence-corrected chi connectivity index (χ1v) is 9.38. The molecule has 0 aromatic heterocycles. The number of esters is 1. The van der Waals surface area contributed by atoms with Crippen LogP contribution in [0.25, 0.3) is 0 Å². The van der Waals surface area contributed by atoms with E-state index in [1.54, 1.807) is 18.2 Å². The summed E-state index contributed by atoms with van der Waals surface area (Å²) in [5.74, 6) is 0.0385. The van der Waals surface area contributed by atoms with Gasteiger partial charge in [0.2, 0.25) is 5.60 Å². The van der Waals surface area contributed by atoms with E-state index in [4.69, 9.17) is 4.74 Å². The number of hydrogen-bond donors (Lipinski definition) is 1. The maximum absolute atomic E-state index is 13.3. The monoisotopic (exact) mass is 351 g/mol. The van der Waals surface area contributed by atoms with Gasteiger partial charge in [-0.25, -0.2) is 4.79 Å². The van der Waals surface area contributed by atoms with Crippen LogP contribution in [0.2, 0.25) is 0 Å². The van der Waals surface area contributed by atoms with Gasteiger partial charge in [0.15, 0.2) is 6.23 Å². The van der Waals surface area contributed by atoms with Gasteiger partial charge >= 0.3 is 5.97 Å². The Morgan fingerprint density at radius 3 is 2.35 bits per heavy atom. The van der Waals surface area contributed by atoms with Gasteiger partial charge in [-0.05, 0) is 36.8 Å². The van der Waals surface area contributed by atoms with Gasteiger partial charge in [0.1, 0.15) is 0 Å². The Hall–Kier alpha value is -2.17. The van der Waals surface area contributed by atoms with Gasteiger partial charge in [0, 0.05) is 25.1 Å². The van der Waals surface area contributed by atoms with Crippen LogP contribution in [0.4, 0.5) is 0 Å². The predicted molar refractivity (Wildman–Crippen MR) is 99.4 cm³/mol. The van der Waals surface area contributed by atoms with Crippen molar-refractivity contribution in [3.63, 3.8) is 0 Å². The molecule has 0 amide bonds. The summed E-state index contributed by atoms with van der Waals surface area (Å²) in [4.78, 5) is 15.5. The standard InChI is InChI=1S/C22H25NO3/c1-16-7-5-6-10-19(16)22(25,18-8-3-2-4-9-18)21(24)26-20-15-17-11-13-23(20)14-12-17/h2-10,17,20,25H,11-15H2,1H3. The van der Waals surface area contributed by atoms with Crippen molar-refractivity contribution >= 4 is 5.97 Å². The number of nitrogens with zero attached hydrogens (tertiary/aromatic N) is 1. The van der Waals surface area contributed by atoms with Gasteiger partial charge in [0.25, 0.3) is 0 Å². The van der Waals surface area contributed by atoms with Crippen LogP contribution in [0.3, 0.4) is 0 Å².